The average molecular weight is 395 g/mol. The first-order chi connectivity index (χ1) is 11.2. The molecule has 0 bridgehead atoms. The first-order valence-electron chi connectivity index (χ1n) is 8.29. The summed E-state index contributed by atoms with van der Waals surface area (Å²) in [7, 11) is 0. The van der Waals surface area contributed by atoms with Crippen LogP contribution in [0.25, 0.3) is 11.3 Å². The van der Waals surface area contributed by atoms with Crippen molar-refractivity contribution >= 4 is 22.0 Å². The molecule has 0 fully saturated rings. The van der Waals surface area contributed by atoms with Crippen molar-refractivity contribution in [2.24, 2.45) is 0 Å². The van der Waals surface area contributed by atoms with Crippen LogP contribution in [0.2, 0.25) is 0 Å². The molecule has 0 atom stereocenters. The molecule has 2 aromatic heterocycles. The van der Waals surface area contributed by atoms with Gasteiger partial charge in [0.25, 0.3) is 0 Å². The third-order valence-electron chi connectivity index (χ3n) is 4.25. The van der Waals surface area contributed by atoms with Crippen molar-refractivity contribution in [2.75, 3.05) is 0 Å². The van der Waals surface area contributed by atoms with E-state index in [2.05, 4.69) is 21.1 Å². The minimum atomic E-state index is -0.550. The van der Waals surface area contributed by atoms with E-state index < -0.39 is 5.60 Å². The van der Waals surface area contributed by atoms with Crippen molar-refractivity contribution in [1.29, 1.82) is 0 Å². The summed E-state index contributed by atoms with van der Waals surface area (Å²) in [6.07, 6.45) is 3.69. The molecule has 0 aromatic carbocycles. The molecule has 2 aromatic rings. The fourth-order valence-electron chi connectivity index (χ4n) is 3.30. The highest BCUT2D eigenvalue weighted by Gasteiger charge is 2.32. The minimum absolute atomic E-state index is 0.346. The van der Waals surface area contributed by atoms with E-state index in [1.54, 1.807) is 4.57 Å². The first kappa shape index (κ1) is 17.3. The van der Waals surface area contributed by atoms with E-state index in [9.17, 15) is 4.79 Å². The maximum absolute atomic E-state index is 13.0. The molecule has 0 aliphatic heterocycles. The Kier molecular flexibility index (Phi) is 4.36. The fraction of sp³-hybridized carbons (Fsp3) is 0.556. The van der Waals surface area contributed by atoms with E-state index in [0.717, 1.165) is 52.8 Å². The zero-order valence-corrected chi connectivity index (χ0v) is 16.4. The summed E-state index contributed by atoms with van der Waals surface area (Å²) in [5, 5.41) is 4.05. The number of fused-ring (bicyclic) bond motifs is 1. The van der Waals surface area contributed by atoms with Gasteiger partial charge in [0, 0.05) is 10.2 Å². The Morgan fingerprint density at radius 1 is 1.25 bits per heavy atom. The highest BCUT2D eigenvalue weighted by atomic mass is 79.9. The van der Waals surface area contributed by atoms with Crippen molar-refractivity contribution in [3.8, 4) is 11.3 Å². The third kappa shape index (κ3) is 2.92. The smallest absolute Gasteiger partial charge is 0.419 e. The Morgan fingerprint density at radius 2 is 1.92 bits per heavy atom. The lowest BCUT2D eigenvalue weighted by atomic mass is 9.98. The number of hydrogen-bond acceptors (Lipinski definition) is 4. The lowest BCUT2D eigenvalue weighted by Crippen LogP contribution is -2.29. The van der Waals surface area contributed by atoms with E-state index in [0.29, 0.717) is 5.76 Å². The van der Waals surface area contributed by atoms with E-state index >= 15 is 0 Å². The SMILES string of the molecule is Cc1noc(C)c1-c1c(Br)c2c(n1C(=O)OC(C)(C)C)CCCC2. The summed E-state index contributed by atoms with van der Waals surface area (Å²) in [6, 6.07) is 0. The summed E-state index contributed by atoms with van der Waals surface area (Å²) in [5.74, 6) is 0.702. The Hall–Kier alpha value is -1.56. The number of aryl methyl sites for hydroxylation is 2. The van der Waals surface area contributed by atoms with Crippen molar-refractivity contribution in [2.45, 2.75) is 65.9 Å². The van der Waals surface area contributed by atoms with Crippen LogP contribution in [-0.2, 0) is 17.6 Å². The monoisotopic (exact) mass is 394 g/mol. The van der Waals surface area contributed by atoms with Gasteiger partial charge in [0.2, 0.25) is 0 Å². The minimum Gasteiger partial charge on any atom is -0.443 e. The Balaban J connectivity index is 2.25. The zero-order valence-electron chi connectivity index (χ0n) is 14.8. The fourth-order valence-corrected chi connectivity index (χ4v) is 4.10. The van der Waals surface area contributed by atoms with Gasteiger partial charge in [0.15, 0.2) is 0 Å². The molecule has 0 saturated heterocycles. The molecule has 1 aliphatic rings. The molecule has 0 radical (unpaired) electrons. The summed E-state index contributed by atoms with van der Waals surface area (Å²) in [6.45, 7) is 9.40. The van der Waals surface area contributed by atoms with Gasteiger partial charge in [-0.15, -0.1) is 0 Å². The lowest BCUT2D eigenvalue weighted by Gasteiger charge is -2.22. The molecule has 130 valence electrons. The molecule has 2 heterocycles. The number of carbonyl (C=O) groups is 1. The Bertz CT molecular complexity index is 777. The van der Waals surface area contributed by atoms with Gasteiger partial charge in [-0.05, 0) is 81.8 Å². The molecular weight excluding hydrogens is 372 g/mol. The summed E-state index contributed by atoms with van der Waals surface area (Å²) in [4.78, 5) is 13.0. The van der Waals surface area contributed by atoms with E-state index in [-0.39, 0.29) is 6.09 Å². The number of aromatic nitrogens is 2. The van der Waals surface area contributed by atoms with E-state index in [4.69, 9.17) is 9.26 Å². The molecule has 0 N–H and O–H groups in total. The maximum Gasteiger partial charge on any atom is 0.419 e. The molecule has 0 amide bonds. The molecule has 1 aliphatic carbocycles. The van der Waals surface area contributed by atoms with Crippen LogP contribution < -0.4 is 0 Å². The van der Waals surface area contributed by atoms with E-state index in [1.165, 1.54) is 5.56 Å². The number of rotatable bonds is 1. The quantitative estimate of drug-likeness (QED) is 0.667. The number of hydrogen-bond donors (Lipinski definition) is 0. The number of halogens is 1. The molecule has 0 spiro atoms. The van der Waals surface area contributed by atoms with Crippen LogP contribution in [-0.4, -0.2) is 21.4 Å². The van der Waals surface area contributed by atoms with Gasteiger partial charge in [-0.25, -0.2) is 9.36 Å². The third-order valence-corrected chi connectivity index (χ3v) is 5.11. The number of nitrogens with zero attached hydrogens (tertiary/aromatic N) is 2. The first-order valence-corrected chi connectivity index (χ1v) is 9.08. The second-order valence-corrected chi connectivity index (χ2v) is 8.10. The van der Waals surface area contributed by atoms with Gasteiger partial charge in [0.1, 0.15) is 11.4 Å². The standard InChI is InChI=1S/C18H23BrN2O3/c1-10-14(11(2)24-20-10)16-15(19)12-8-6-7-9-13(12)21(16)17(22)23-18(3,4)5/h6-9H2,1-5H3. The van der Waals surface area contributed by atoms with Crippen LogP contribution in [0.4, 0.5) is 4.79 Å². The normalized spacial score (nSPS) is 14.6. The molecule has 24 heavy (non-hydrogen) atoms. The van der Waals surface area contributed by atoms with Crippen LogP contribution >= 0.6 is 15.9 Å². The number of ether oxygens (including phenoxy) is 1. The van der Waals surface area contributed by atoms with Crippen molar-refractivity contribution < 1.29 is 14.1 Å². The predicted octanol–water partition coefficient (Wildman–Crippen LogP) is 5.18. The highest BCUT2D eigenvalue weighted by Crippen LogP contribution is 2.42. The Morgan fingerprint density at radius 3 is 2.50 bits per heavy atom. The predicted molar refractivity (Wildman–Crippen MR) is 95.4 cm³/mol. The van der Waals surface area contributed by atoms with Gasteiger partial charge < -0.3 is 9.26 Å². The van der Waals surface area contributed by atoms with Gasteiger partial charge in [0.05, 0.1) is 17.0 Å². The second-order valence-electron chi connectivity index (χ2n) is 7.31. The van der Waals surface area contributed by atoms with Crippen LogP contribution in [0.15, 0.2) is 9.00 Å². The van der Waals surface area contributed by atoms with Gasteiger partial charge in [-0.2, -0.15) is 0 Å². The molecule has 3 rings (SSSR count). The maximum atomic E-state index is 13.0. The van der Waals surface area contributed by atoms with Gasteiger partial charge in [-0.3, -0.25) is 0 Å². The van der Waals surface area contributed by atoms with Crippen molar-refractivity contribution in [3.63, 3.8) is 0 Å². The molecule has 5 nitrogen and oxygen atoms in total. The van der Waals surface area contributed by atoms with Crippen LogP contribution in [0, 0.1) is 13.8 Å². The zero-order chi connectivity index (χ0) is 17.6. The molecular formula is C18H23BrN2O3. The average Bonchev–Trinajstić information content (AvgIpc) is 2.95. The summed E-state index contributed by atoms with van der Waals surface area (Å²) >= 11 is 3.73. The van der Waals surface area contributed by atoms with Gasteiger partial charge >= 0.3 is 6.09 Å². The van der Waals surface area contributed by atoms with Gasteiger partial charge in [-0.1, -0.05) is 5.16 Å². The molecule has 0 saturated carbocycles. The Labute approximate surface area is 150 Å². The van der Waals surface area contributed by atoms with E-state index in [1.807, 2.05) is 34.6 Å². The largest absolute Gasteiger partial charge is 0.443 e. The van der Waals surface area contributed by atoms with Crippen LogP contribution in [0.1, 0.15) is 56.3 Å². The van der Waals surface area contributed by atoms with Crippen molar-refractivity contribution in [3.05, 3.63) is 27.2 Å². The lowest BCUT2D eigenvalue weighted by molar-refractivity contribution is 0.0535. The van der Waals surface area contributed by atoms with Crippen molar-refractivity contribution in [1.82, 2.24) is 9.72 Å². The highest BCUT2D eigenvalue weighted by molar-refractivity contribution is 9.10. The van der Waals surface area contributed by atoms with Crippen LogP contribution in [0.5, 0.6) is 0 Å². The van der Waals surface area contributed by atoms with Crippen LogP contribution in [0.3, 0.4) is 0 Å². The topological polar surface area (TPSA) is 57.3 Å². The summed E-state index contributed by atoms with van der Waals surface area (Å²) < 4.78 is 13.7. The number of carbonyl (C=O) groups excluding carboxylic acids is 1. The second kappa shape index (κ2) is 6.06. The molecule has 0 unspecified atom stereocenters. The molecule has 6 heteroatoms. The summed E-state index contributed by atoms with van der Waals surface area (Å²) in [5.41, 5.74) is 4.12.